The lowest BCUT2D eigenvalue weighted by Gasteiger charge is -2.29. The number of anilines is 1. The van der Waals surface area contributed by atoms with Crippen molar-refractivity contribution in [2.45, 2.75) is 25.5 Å². The number of ether oxygens (including phenoxy) is 1. The molecule has 0 aliphatic carbocycles. The lowest BCUT2D eigenvalue weighted by Crippen LogP contribution is -2.39. The Balaban J connectivity index is 1.46. The van der Waals surface area contributed by atoms with Crippen LogP contribution in [0, 0.1) is 6.92 Å². The van der Waals surface area contributed by atoms with Gasteiger partial charge in [-0.1, -0.05) is 48.2 Å². The van der Waals surface area contributed by atoms with E-state index in [0.29, 0.717) is 35.1 Å². The summed E-state index contributed by atoms with van der Waals surface area (Å²) in [6.45, 7) is 5.39. The van der Waals surface area contributed by atoms with Gasteiger partial charge in [0.15, 0.2) is 5.16 Å². The fraction of sp³-hybridized carbons (Fsp3) is 0.240. The van der Waals surface area contributed by atoms with Gasteiger partial charge >= 0.3 is 0 Å². The number of aryl methyl sites for hydroxylation is 1. The van der Waals surface area contributed by atoms with E-state index < -0.39 is 0 Å². The van der Waals surface area contributed by atoms with Crippen LogP contribution in [-0.4, -0.2) is 34.4 Å². The minimum absolute atomic E-state index is 0.0271. The second-order valence-electron chi connectivity index (χ2n) is 7.79. The van der Waals surface area contributed by atoms with Crippen LogP contribution in [0.15, 0.2) is 63.9 Å². The first kappa shape index (κ1) is 21.7. The van der Waals surface area contributed by atoms with E-state index in [2.05, 4.69) is 0 Å². The number of benzene rings is 2. The number of carbonyl (C=O) groups excluding carboxylic acids is 1. The first-order chi connectivity index (χ1) is 16.1. The van der Waals surface area contributed by atoms with E-state index in [1.165, 1.54) is 23.1 Å². The largest absolute Gasteiger partial charge is 0.490 e. The maximum Gasteiger partial charge on any atom is 0.272 e. The number of rotatable bonds is 5. The fourth-order valence-electron chi connectivity index (χ4n) is 3.98. The predicted octanol–water partition coefficient (Wildman–Crippen LogP) is 4.97. The minimum atomic E-state index is -0.0584. The molecule has 0 spiro atoms. The third-order valence-corrected chi connectivity index (χ3v) is 7.57. The molecule has 2 aromatic carbocycles. The van der Waals surface area contributed by atoms with Gasteiger partial charge in [-0.05, 0) is 37.1 Å². The average Bonchev–Trinajstić information content (AvgIpc) is 3.27. The highest BCUT2D eigenvalue weighted by Crippen LogP contribution is 2.34. The summed E-state index contributed by atoms with van der Waals surface area (Å²) >= 11 is 2.73. The maximum absolute atomic E-state index is 13.2. The van der Waals surface area contributed by atoms with Crippen molar-refractivity contribution in [1.82, 2.24) is 9.55 Å². The first-order valence-electron chi connectivity index (χ1n) is 10.8. The number of thiophene rings is 1. The first-order valence-corrected chi connectivity index (χ1v) is 12.7. The van der Waals surface area contributed by atoms with Gasteiger partial charge in [-0.2, -0.15) is 0 Å². The summed E-state index contributed by atoms with van der Waals surface area (Å²) in [4.78, 5) is 33.0. The van der Waals surface area contributed by atoms with Crippen molar-refractivity contribution in [2.24, 2.45) is 0 Å². The highest BCUT2D eigenvalue weighted by Gasteiger charge is 2.25. The van der Waals surface area contributed by atoms with Crippen LogP contribution in [0.5, 0.6) is 5.75 Å². The Kier molecular flexibility index (Phi) is 5.95. The molecule has 0 saturated carbocycles. The standard InChI is InChI=1S/C25H23N3O3S2/c1-3-27-24(30)23-22(18(14-32-23)17-7-5-4-6-8-17)26-25(27)33-15-21(29)28-11-12-31-20-10-9-16(2)13-19(20)28/h4-10,13-14H,3,11-12,15H2,1-2H3. The van der Waals surface area contributed by atoms with Gasteiger partial charge in [0.25, 0.3) is 5.56 Å². The second-order valence-corrected chi connectivity index (χ2v) is 9.61. The molecule has 0 radical (unpaired) electrons. The molecule has 1 aliphatic rings. The van der Waals surface area contributed by atoms with Gasteiger partial charge < -0.3 is 9.64 Å². The highest BCUT2D eigenvalue weighted by atomic mass is 32.2. The Bertz CT molecular complexity index is 1400. The molecule has 5 rings (SSSR count). The quantitative estimate of drug-likeness (QED) is 0.300. The molecule has 2 aromatic heterocycles. The van der Waals surface area contributed by atoms with Crippen molar-refractivity contribution in [3.8, 4) is 16.9 Å². The maximum atomic E-state index is 13.2. The molecular weight excluding hydrogens is 454 g/mol. The number of fused-ring (bicyclic) bond motifs is 2. The number of hydrogen-bond donors (Lipinski definition) is 0. The van der Waals surface area contributed by atoms with E-state index in [-0.39, 0.29) is 17.2 Å². The van der Waals surface area contributed by atoms with Crippen LogP contribution in [-0.2, 0) is 11.3 Å². The summed E-state index contributed by atoms with van der Waals surface area (Å²) in [6, 6.07) is 15.8. The zero-order valence-electron chi connectivity index (χ0n) is 18.4. The van der Waals surface area contributed by atoms with Gasteiger partial charge in [-0.15, -0.1) is 11.3 Å². The van der Waals surface area contributed by atoms with E-state index in [1.54, 1.807) is 9.47 Å². The van der Waals surface area contributed by atoms with Crippen molar-refractivity contribution < 1.29 is 9.53 Å². The van der Waals surface area contributed by atoms with E-state index in [1.807, 2.05) is 67.8 Å². The molecule has 33 heavy (non-hydrogen) atoms. The number of amides is 1. The molecule has 0 unspecified atom stereocenters. The number of nitrogens with zero attached hydrogens (tertiary/aromatic N) is 3. The van der Waals surface area contributed by atoms with E-state index in [0.717, 1.165) is 28.1 Å². The van der Waals surface area contributed by atoms with Crippen molar-refractivity contribution in [1.29, 1.82) is 0 Å². The van der Waals surface area contributed by atoms with Gasteiger partial charge in [0.2, 0.25) is 5.91 Å². The smallest absolute Gasteiger partial charge is 0.272 e. The predicted molar refractivity (Wildman–Crippen MR) is 135 cm³/mol. The minimum Gasteiger partial charge on any atom is -0.490 e. The topological polar surface area (TPSA) is 64.4 Å². The highest BCUT2D eigenvalue weighted by molar-refractivity contribution is 7.99. The molecule has 0 saturated heterocycles. The number of carbonyl (C=O) groups is 1. The zero-order chi connectivity index (χ0) is 22.9. The Morgan fingerprint density at radius 1 is 1.21 bits per heavy atom. The Labute approximate surface area is 199 Å². The van der Waals surface area contributed by atoms with Crippen molar-refractivity contribution in [3.63, 3.8) is 0 Å². The lowest BCUT2D eigenvalue weighted by molar-refractivity contribution is -0.116. The second kappa shape index (κ2) is 9.03. The molecule has 0 fully saturated rings. The molecule has 0 N–H and O–H groups in total. The fourth-order valence-corrected chi connectivity index (χ4v) is 5.88. The van der Waals surface area contributed by atoms with Gasteiger partial charge in [0, 0.05) is 17.5 Å². The molecule has 8 heteroatoms. The van der Waals surface area contributed by atoms with Gasteiger partial charge in [-0.3, -0.25) is 14.2 Å². The monoisotopic (exact) mass is 477 g/mol. The van der Waals surface area contributed by atoms with E-state index in [9.17, 15) is 9.59 Å². The van der Waals surface area contributed by atoms with E-state index >= 15 is 0 Å². The summed E-state index contributed by atoms with van der Waals surface area (Å²) in [5.41, 5.74) is 4.48. The molecule has 168 valence electrons. The van der Waals surface area contributed by atoms with Gasteiger partial charge in [0.05, 0.1) is 23.5 Å². The molecule has 1 amide bonds. The van der Waals surface area contributed by atoms with Crippen LogP contribution in [0.3, 0.4) is 0 Å². The number of aromatic nitrogens is 2. The van der Waals surface area contributed by atoms with Crippen LogP contribution in [0.2, 0.25) is 0 Å². The average molecular weight is 478 g/mol. The van der Waals surface area contributed by atoms with Crippen LogP contribution in [0.4, 0.5) is 5.69 Å². The molecule has 3 heterocycles. The number of hydrogen-bond acceptors (Lipinski definition) is 6. The molecule has 4 aromatic rings. The Morgan fingerprint density at radius 3 is 2.82 bits per heavy atom. The van der Waals surface area contributed by atoms with Crippen molar-refractivity contribution in [3.05, 3.63) is 69.8 Å². The summed E-state index contributed by atoms with van der Waals surface area (Å²) in [5, 5.41) is 2.55. The Morgan fingerprint density at radius 2 is 2.03 bits per heavy atom. The molecule has 0 bridgehead atoms. The van der Waals surface area contributed by atoms with Gasteiger partial charge in [0.1, 0.15) is 17.1 Å². The number of thioether (sulfide) groups is 1. The van der Waals surface area contributed by atoms with Crippen LogP contribution in [0.1, 0.15) is 12.5 Å². The SMILES string of the molecule is CCn1c(SCC(=O)N2CCOc3ccc(C)cc32)nc2c(-c3ccccc3)csc2c1=O. The molecule has 6 nitrogen and oxygen atoms in total. The zero-order valence-corrected chi connectivity index (χ0v) is 20.0. The van der Waals surface area contributed by atoms with Crippen LogP contribution in [0.25, 0.3) is 21.3 Å². The van der Waals surface area contributed by atoms with Crippen molar-refractivity contribution in [2.75, 3.05) is 23.8 Å². The van der Waals surface area contributed by atoms with Crippen molar-refractivity contribution >= 4 is 44.9 Å². The van der Waals surface area contributed by atoms with Crippen LogP contribution < -0.4 is 15.2 Å². The third-order valence-electron chi connectivity index (χ3n) is 5.65. The summed E-state index contributed by atoms with van der Waals surface area (Å²) < 4.78 is 8.01. The van der Waals surface area contributed by atoms with Gasteiger partial charge in [-0.25, -0.2) is 4.98 Å². The molecular formula is C25H23N3O3S2. The Hall–Kier alpha value is -3.10. The molecule has 1 aliphatic heterocycles. The van der Waals surface area contributed by atoms with E-state index in [4.69, 9.17) is 9.72 Å². The molecule has 0 atom stereocenters. The van der Waals surface area contributed by atoms with Crippen LogP contribution >= 0.6 is 23.1 Å². The lowest BCUT2D eigenvalue weighted by atomic mass is 10.1. The summed E-state index contributed by atoms with van der Waals surface area (Å²) in [6.07, 6.45) is 0. The summed E-state index contributed by atoms with van der Waals surface area (Å²) in [5.74, 6) is 0.887. The summed E-state index contributed by atoms with van der Waals surface area (Å²) in [7, 11) is 0. The normalized spacial score (nSPS) is 13.1. The third kappa shape index (κ3) is 4.05.